The summed E-state index contributed by atoms with van der Waals surface area (Å²) in [6, 6.07) is 0.0872. The number of halogens is 1. The van der Waals surface area contributed by atoms with Crippen LogP contribution < -0.4 is 5.73 Å². The third-order valence-corrected chi connectivity index (χ3v) is 3.61. The molecule has 2 atom stereocenters. The Kier molecular flexibility index (Phi) is 2.91. The molecule has 14 heavy (non-hydrogen) atoms. The van der Waals surface area contributed by atoms with Crippen molar-refractivity contribution in [1.82, 2.24) is 0 Å². The molecule has 0 aromatic heterocycles. The molecule has 2 unspecified atom stereocenters. The van der Waals surface area contributed by atoms with Crippen molar-refractivity contribution >= 4 is 0 Å². The van der Waals surface area contributed by atoms with Gasteiger partial charge in [0.25, 0.3) is 0 Å². The van der Waals surface area contributed by atoms with Gasteiger partial charge in [0.1, 0.15) is 5.67 Å². The molecule has 80 valence electrons. The van der Waals surface area contributed by atoms with Crippen LogP contribution in [0.1, 0.15) is 51.4 Å². The van der Waals surface area contributed by atoms with Crippen LogP contribution in [0.3, 0.4) is 0 Å². The van der Waals surface area contributed by atoms with Gasteiger partial charge in [0.15, 0.2) is 0 Å². The standard InChI is InChI=1S/C12H20FN/c13-12(8-7-11(14)9-12)10-5-3-1-2-4-6-10/h5,11H,1-4,6-9,14H2. The van der Waals surface area contributed by atoms with Crippen molar-refractivity contribution in [3.05, 3.63) is 11.6 Å². The van der Waals surface area contributed by atoms with E-state index in [9.17, 15) is 4.39 Å². The Balaban J connectivity index is 2.08. The van der Waals surface area contributed by atoms with Gasteiger partial charge in [0.2, 0.25) is 0 Å². The zero-order valence-corrected chi connectivity index (χ0v) is 8.77. The predicted molar refractivity (Wildman–Crippen MR) is 56.8 cm³/mol. The zero-order valence-electron chi connectivity index (χ0n) is 8.77. The Morgan fingerprint density at radius 3 is 2.93 bits per heavy atom. The highest BCUT2D eigenvalue weighted by atomic mass is 19.1. The zero-order chi connectivity index (χ0) is 10.0. The van der Waals surface area contributed by atoms with E-state index in [1.807, 2.05) is 0 Å². The van der Waals surface area contributed by atoms with Gasteiger partial charge < -0.3 is 5.73 Å². The van der Waals surface area contributed by atoms with Crippen LogP contribution in [-0.2, 0) is 0 Å². The average Bonchev–Trinajstić information content (AvgIpc) is 2.45. The summed E-state index contributed by atoms with van der Waals surface area (Å²) >= 11 is 0. The minimum absolute atomic E-state index is 0.0872. The second-order valence-electron chi connectivity index (χ2n) is 4.80. The highest BCUT2D eigenvalue weighted by Gasteiger charge is 2.40. The SMILES string of the molecule is NC1CCC(F)(C2=CCCCCC2)C1. The molecule has 0 spiro atoms. The minimum atomic E-state index is -1.04. The maximum Gasteiger partial charge on any atom is 0.133 e. The monoisotopic (exact) mass is 197 g/mol. The van der Waals surface area contributed by atoms with Crippen molar-refractivity contribution in [1.29, 1.82) is 0 Å². The molecule has 0 aromatic carbocycles. The van der Waals surface area contributed by atoms with Crippen LogP contribution in [0.2, 0.25) is 0 Å². The molecular formula is C12H20FN. The summed E-state index contributed by atoms with van der Waals surface area (Å²) < 4.78 is 14.5. The summed E-state index contributed by atoms with van der Waals surface area (Å²) in [5, 5.41) is 0. The second-order valence-corrected chi connectivity index (χ2v) is 4.80. The number of rotatable bonds is 1. The number of allylic oxidation sites excluding steroid dienone is 2. The predicted octanol–water partition coefficient (Wildman–Crippen LogP) is 3.10. The van der Waals surface area contributed by atoms with Crippen LogP contribution in [0, 0.1) is 0 Å². The van der Waals surface area contributed by atoms with Crippen molar-refractivity contribution in [2.45, 2.75) is 63.1 Å². The van der Waals surface area contributed by atoms with E-state index in [0.717, 1.165) is 31.3 Å². The van der Waals surface area contributed by atoms with Crippen molar-refractivity contribution in [2.24, 2.45) is 5.73 Å². The lowest BCUT2D eigenvalue weighted by Gasteiger charge is -2.22. The molecule has 0 bridgehead atoms. The highest BCUT2D eigenvalue weighted by Crippen LogP contribution is 2.42. The molecule has 0 amide bonds. The van der Waals surface area contributed by atoms with E-state index < -0.39 is 5.67 Å². The van der Waals surface area contributed by atoms with Crippen LogP contribution in [0.4, 0.5) is 4.39 Å². The van der Waals surface area contributed by atoms with Crippen LogP contribution in [0.25, 0.3) is 0 Å². The average molecular weight is 197 g/mol. The Morgan fingerprint density at radius 1 is 1.36 bits per heavy atom. The minimum Gasteiger partial charge on any atom is -0.328 e. The molecule has 0 aromatic rings. The van der Waals surface area contributed by atoms with E-state index in [1.54, 1.807) is 0 Å². The maximum absolute atomic E-state index is 14.5. The molecule has 0 saturated heterocycles. The summed E-state index contributed by atoms with van der Waals surface area (Å²) in [6.07, 6.45) is 9.87. The normalized spacial score (nSPS) is 39.3. The van der Waals surface area contributed by atoms with Gasteiger partial charge in [-0.15, -0.1) is 0 Å². The van der Waals surface area contributed by atoms with E-state index in [-0.39, 0.29) is 6.04 Å². The first-order valence-corrected chi connectivity index (χ1v) is 5.85. The van der Waals surface area contributed by atoms with Gasteiger partial charge in [-0.1, -0.05) is 12.5 Å². The van der Waals surface area contributed by atoms with E-state index in [0.29, 0.717) is 12.8 Å². The molecule has 1 saturated carbocycles. The molecule has 2 aliphatic carbocycles. The van der Waals surface area contributed by atoms with Crippen molar-refractivity contribution in [3.8, 4) is 0 Å². The Morgan fingerprint density at radius 2 is 2.21 bits per heavy atom. The van der Waals surface area contributed by atoms with Crippen LogP contribution in [0.5, 0.6) is 0 Å². The summed E-state index contributed by atoms with van der Waals surface area (Å²) in [7, 11) is 0. The molecule has 1 fully saturated rings. The summed E-state index contributed by atoms with van der Waals surface area (Å²) in [6.45, 7) is 0. The molecule has 0 radical (unpaired) electrons. The summed E-state index contributed by atoms with van der Waals surface area (Å²) in [5.41, 5.74) is 5.81. The smallest absolute Gasteiger partial charge is 0.133 e. The summed E-state index contributed by atoms with van der Waals surface area (Å²) in [4.78, 5) is 0. The first-order valence-electron chi connectivity index (χ1n) is 5.85. The quantitative estimate of drug-likeness (QED) is 0.642. The van der Waals surface area contributed by atoms with E-state index in [4.69, 9.17) is 5.73 Å². The largest absolute Gasteiger partial charge is 0.328 e. The van der Waals surface area contributed by atoms with E-state index >= 15 is 0 Å². The molecule has 2 rings (SSSR count). The van der Waals surface area contributed by atoms with E-state index in [1.165, 1.54) is 12.8 Å². The van der Waals surface area contributed by atoms with Gasteiger partial charge in [-0.3, -0.25) is 0 Å². The lowest BCUT2D eigenvalue weighted by atomic mass is 9.90. The molecular weight excluding hydrogens is 177 g/mol. The number of alkyl halides is 1. The van der Waals surface area contributed by atoms with Gasteiger partial charge in [-0.2, -0.15) is 0 Å². The van der Waals surface area contributed by atoms with Gasteiger partial charge in [-0.05, 0) is 44.1 Å². The Labute approximate surface area is 85.6 Å². The van der Waals surface area contributed by atoms with Gasteiger partial charge in [-0.25, -0.2) is 4.39 Å². The fraction of sp³-hybridized carbons (Fsp3) is 0.833. The fourth-order valence-electron chi connectivity index (χ4n) is 2.75. The molecule has 2 aliphatic rings. The first kappa shape index (κ1) is 10.2. The molecule has 0 aliphatic heterocycles. The third kappa shape index (κ3) is 2.00. The molecule has 1 nitrogen and oxygen atoms in total. The van der Waals surface area contributed by atoms with Crippen molar-refractivity contribution < 1.29 is 4.39 Å². The van der Waals surface area contributed by atoms with Gasteiger partial charge in [0.05, 0.1) is 0 Å². The lowest BCUT2D eigenvalue weighted by molar-refractivity contribution is 0.212. The Bertz CT molecular complexity index is 236. The molecule has 2 N–H and O–H groups in total. The third-order valence-electron chi connectivity index (χ3n) is 3.61. The molecule has 2 heteroatoms. The van der Waals surface area contributed by atoms with Crippen LogP contribution >= 0.6 is 0 Å². The summed E-state index contributed by atoms with van der Waals surface area (Å²) in [5.74, 6) is 0. The Hall–Kier alpha value is -0.370. The maximum atomic E-state index is 14.5. The number of hydrogen-bond donors (Lipinski definition) is 1. The van der Waals surface area contributed by atoms with Crippen LogP contribution in [0.15, 0.2) is 11.6 Å². The van der Waals surface area contributed by atoms with Crippen molar-refractivity contribution in [3.63, 3.8) is 0 Å². The number of nitrogens with two attached hydrogens (primary N) is 1. The number of hydrogen-bond acceptors (Lipinski definition) is 1. The fourth-order valence-corrected chi connectivity index (χ4v) is 2.75. The first-order chi connectivity index (χ1) is 6.71. The topological polar surface area (TPSA) is 26.0 Å². The molecule has 0 heterocycles. The highest BCUT2D eigenvalue weighted by molar-refractivity contribution is 5.21. The van der Waals surface area contributed by atoms with E-state index in [2.05, 4.69) is 6.08 Å². The van der Waals surface area contributed by atoms with Crippen LogP contribution in [-0.4, -0.2) is 11.7 Å². The van der Waals surface area contributed by atoms with Gasteiger partial charge in [0, 0.05) is 12.5 Å². The van der Waals surface area contributed by atoms with Gasteiger partial charge >= 0.3 is 0 Å². The van der Waals surface area contributed by atoms with Crippen molar-refractivity contribution in [2.75, 3.05) is 0 Å². The second kappa shape index (κ2) is 4.01. The lowest BCUT2D eigenvalue weighted by Crippen LogP contribution is -2.25.